The second-order valence-electron chi connectivity index (χ2n) is 9.58. The minimum atomic E-state index is -1.34. The van der Waals surface area contributed by atoms with Gasteiger partial charge < -0.3 is 26.2 Å². The van der Waals surface area contributed by atoms with Gasteiger partial charge in [0, 0.05) is 50.0 Å². The smallest absolute Gasteiger partial charge is 0.355 e. The molecule has 0 saturated heterocycles. The van der Waals surface area contributed by atoms with E-state index in [1.807, 2.05) is 25.3 Å². The van der Waals surface area contributed by atoms with E-state index in [9.17, 15) is 19.5 Å². The number of hydrogen-bond donors (Lipinski definition) is 5. The maximum atomic E-state index is 13.7. The molecule has 3 heterocycles. The topological polar surface area (TPSA) is 167 Å². The second-order valence-corrected chi connectivity index (χ2v) is 10.5. The Balaban J connectivity index is 1.62. The van der Waals surface area contributed by atoms with Gasteiger partial charge in [0.25, 0.3) is 11.8 Å². The van der Waals surface area contributed by atoms with Crippen LogP contribution in [0.1, 0.15) is 62.7 Å². The molecule has 4 aromatic rings. The van der Waals surface area contributed by atoms with Gasteiger partial charge in [0.2, 0.25) is 0 Å². The van der Waals surface area contributed by atoms with E-state index in [4.69, 9.17) is 15.9 Å². The SMILES string of the molecule is CCC(C)NC(=O)c1ccc(-c2cc3c(cc2C(=O)Nc2ccc(C(=N)N)cc2)-c2sccc2CO3)c(C(=O)O)n1. The van der Waals surface area contributed by atoms with Crippen LogP contribution in [0.2, 0.25) is 0 Å². The molecule has 11 heteroatoms. The Hall–Kier alpha value is -5.03. The van der Waals surface area contributed by atoms with Crippen LogP contribution in [0.4, 0.5) is 5.69 Å². The predicted molar refractivity (Wildman–Crippen MR) is 157 cm³/mol. The maximum absolute atomic E-state index is 13.7. The molecule has 1 aliphatic heterocycles. The molecule has 2 aromatic carbocycles. The average Bonchev–Trinajstić information content (AvgIpc) is 3.46. The first-order valence-electron chi connectivity index (χ1n) is 12.8. The number of amides is 2. The fourth-order valence-corrected chi connectivity index (χ4v) is 5.36. The van der Waals surface area contributed by atoms with Crippen LogP contribution in [-0.2, 0) is 6.61 Å². The van der Waals surface area contributed by atoms with Crippen molar-refractivity contribution in [1.82, 2.24) is 10.3 Å². The highest BCUT2D eigenvalue weighted by molar-refractivity contribution is 7.13. The molecule has 0 fully saturated rings. The number of nitrogens with zero attached hydrogens (tertiary/aromatic N) is 1. The van der Waals surface area contributed by atoms with Gasteiger partial charge in [-0.2, -0.15) is 0 Å². The number of carboxylic acids is 1. The van der Waals surface area contributed by atoms with E-state index >= 15 is 0 Å². The predicted octanol–water partition coefficient (Wildman–Crippen LogP) is 5.13. The number of nitrogens with one attached hydrogen (secondary N) is 3. The largest absolute Gasteiger partial charge is 0.488 e. The number of hydrogen-bond acceptors (Lipinski definition) is 7. The zero-order valence-electron chi connectivity index (χ0n) is 22.3. The van der Waals surface area contributed by atoms with Crippen molar-refractivity contribution >= 4 is 40.6 Å². The third kappa shape index (κ3) is 5.52. The molecule has 0 bridgehead atoms. The molecule has 41 heavy (non-hydrogen) atoms. The summed E-state index contributed by atoms with van der Waals surface area (Å²) in [6.45, 7) is 4.11. The summed E-state index contributed by atoms with van der Waals surface area (Å²) in [6.07, 6.45) is 0.701. The Kier molecular flexibility index (Phi) is 7.54. The summed E-state index contributed by atoms with van der Waals surface area (Å²) in [6, 6.07) is 14.6. The number of carbonyl (C=O) groups is 3. The van der Waals surface area contributed by atoms with Gasteiger partial charge in [0.1, 0.15) is 23.9 Å². The van der Waals surface area contributed by atoms with Crippen LogP contribution < -0.4 is 21.1 Å². The Morgan fingerprint density at radius 1 is 1.07 bits per heavy atom. The normalized spacial score (nSPS) is 12.3. The molecule has 0 aliphatic carbocycles. The zero-order chi connectivity index (χ0) is 29.3. The van der Waals surface area contributed by atoms with Crippen molar-refractivity contribution in [1.29, 1.82) is 5.41 Å². The van der Waals surface area contributed by atoms with Gasteiger partial charge in [-0.25, -0.2) is 9.78 Å². The lowest BCUT2D eigenvalue weighted by atomic mass is 9.92. The van der Waals surface area contributed by atoms with Gasteiger partial charge in [0.05, 0.1) is 0 Å². The van der Waals surface area contributed by atoms with Gasteiger partial charge in [0.15, 0.2) is 5.69 Å². The van der Waals surface area contributed by atoms with E-state index in [0.29, 0.717) is 35.6 Å². The summed E-state index contributed by atoms with van der Waals surface area (Å²) in [5, 5.41) is 25.2. The summed E-state index contributed by atoms with van der Waals surface area (Å²) in [7, 11) is 0. The molecule has 0 radical (unpaired) electrons. The molecule has 6 N–H and O–H groups in total. The van der Waals surface area contributed by atoms with E-state index in [0.717, 1.165) is 16.0 Å². The van der Waals surface area contributed by atoms with Crippen LogP contribution in [0.25, 0.3) is 21.6 Å². The van der Waals surface area contributed by atoms with Crippen LogP contribution in [-0.4, -0.2) is 39.8 Å². The minimum Gasteiger partial charge on any atom is -0.488 e. The minimum absolute atomic E-state index is 0.0413. The number of aromatic nitrogens is 1. The summed E-state index contributed by atoms with van der Waals surface area (Å²) >= 11 is 1.52. The molecule has 0 saturated carbocycles. The maximum Gasteiger partial charge on any atom is 0.355 e. The fourth-order valence-electron chi connectivity index (χ4n) is 4.43. The second kappa shape index (κ2) is 11.2. The number of carboxylic acid groups (broad SMARTS) is 1. The molecular weight excluding hydrogens is 542 g/mol. The number of fused-ring (bicyclic) bond motifs is 3. The van der Waals surface area contributed by atoms with Crippen molar-refractivity contribution in [3.05, 3.63) is 88.1 Å². The van der Waals surface area contributed by atoms with Gasteiger partial charge in [-0.05, 0) is 73.3 Å². The van der Waals surface area contributed by atoms with Crippen molar-refractivity contribution in [2.45, 2.75) is 32.9 Å². The quantitative estimate of drug-likeness (QED) is 0.145. The molecule has 10 nitrogen and oxygen atoms in total. The number of amidine groups is 1. The number of aromatic carboxylic acids is 1. The van der Waals surface area contributed by atoms with Gasteiger partial charge in [-0.3, -0.25) is 15.0 Å². The van der Waals surface area contributed by atoms with Crippen molar-refractivity contribution in [3.63, 3.8) is 0 Å². The number of anilines is 1. The molecule has 1 unspecified atom stereocenters. The van der Waals surface area contributed by atoms with Crippen molar-refractivity contribution in [2.24, 2.45) is 5.73 Å². The number of carbonyl (C=O) groups excluding carboxylic acids is 2. The highest BCUT2D eigenvalue weighted by Gasteiger charge is 2.27. The third-order valence-corrected chi connectivity index (χ3v) is 7.79. The Bertz CT molecular complexity index is 1700. The number of nitrogen functional groups attached to an aromatic ring is 1. The lowest BCUT2D eigenvalue weighted by molar-refractivity contribution is 0.0691. The Labute approximate surface area is 239 Å². The molecule has 2 aromatic heterocycles. The monoisotopic (exact) mass is 569 g/mol. The highest BCUT2D eigenvalue weighted by atomic mass is 32.1. The summed E-state index contributed by atoms with van der Waals surface area (Å²) in [5.74, 6) is -1.91. The summed E-state index contributed by atoms with van der Waals surface area (Å²) in [5.41, 5.74) is 8.47. The van der Waals surface area contributed by atoms with Gasteiger partial charge in [-0.1, -0.05) is 6.92 Å². The fraction of sp³-hybridized carbons (Fsp3) is 0.167. The van der Waals surface area contributed by atoms with E-state index in [1.54, 1.807) is 36.4 Å². The number of pyridine rings is 1. The van der Waals surface area contributed by atoms with E-state index in [2.05, 4.69) is 15.6 Å². The number of benzene rings is 2. The van der Waals surface area contributed by atoms with Crippen LogP contribution in [0.15, 0.2) is 60.0 Å². The Morgan fingerprint density at radius 3 is 2.51 bits per heavy atom. The standard InChI is InChI=1S/C30H27N5O5S/c1-3-15(2)33-29(37)23-9-8-19(25(35-23)30(38)39)20-13-24-22(26-17(14-40-24)10-11-41-26)12-21(20)28(36)34-18-6-4-16(5-7-18)27(31)32/h4-13,15H,3,14H2,1-2H3,(H3,31,32)(H,33,37)(H,34,36)(H,38,39). The first-order chi connectivity index (χ1) is 19.7. The molecule has 2 amide bonds. The van der Waals surface area contributed by atoms with Crippen LogP contribution in [0.5, 0.6) is 5.75 Å². The summed E-state index contributed by atoms with van der Waals surface area (Å²) < 4.78 is 5.99. The molecular formula is C30H27N5O5S. The van der Waals surface area contributed by atoms with Crippen LogP contribution >= 0.6 is 11.3 Å². The number of thiophene rings is 1. The van der Waals surface area contributed by atoms with Crippen molar-refractivity contribution in [2.75, 3.05) is 5.32 Å². The lowest BCUT2D eigenvalue weighted by Crippen LogP contribution is -2.32. The number of rotatable bonds is 8. The summed E-state index contributed by atoms with van der Waals surface area (Å²) in [4.78, 5) is 43.9. The average molecular weight is 570 g/mol. The third-order valence-electron chi connectivity index (χ3n) is 6.80. The van der Waals surface area contributed by atoms with Gasteiger partial charge in [-0.15, -0.1) is 11.3 Å². The van der Waals surface area contributed by atoms with E-state index in [-0.39, 0.29) is 34.4 Å². The van der Waals surface area contributed by atoms with Crippen LogP contribution in [0.3, 0.4) is 0 Å². The molecule has 1 atom stereocenters. The molecule has 208 valence electrons. The highest BCUT2D eigenvalue weighted by Crippen LogP contribution is 2.44. The van der Waals surface area contributed by atoms with Gasteiger partial charge >= 0.3 is 5.97 Å². The van der Waals surface area contributed by atoms with E-state index in [1.165, 1.54) is 23.5 Å². The molecule has 5 rings (SSSR count). The molecule has 1 aliphatic rings. The molecule has 0 spiro atoms. The van der Waals surface area contributed by atoms with Crippen molar-refractivity contribution < 1.29 is 24.2 Å². The Morgan fingerprint density at radius 2 is 1.83 bits per heavy atom. The number of ether oxygens (including phenoxy) is 1. The number of nitrogens with two attached hydrogens (primary N) is 1. The first kappa shape index (κ1) is 27.5. The lowest BCUT2D eigenvalue weighted by Gasteiger charge is -2.21. The van der Waals surface area contributed by atoms with Crippen LogP contribution in [0, 0.1) is 5.41 Å². The van der Waals surface area contributed by atoms with E-state index < -0.39 is 17.8 Å². The zero-order valence-corrected chi connectivity index (χ0v) is 23.1. The van der Waals surface area contributed by atoms with Crippen molar-refractivity contribution in [3.8, 4) is 27.3 Å². The first-order valence-corrected chi connectivity index (χ1v) is 13.7.